The number of rotatable bonds is 7. The Bertz CT molecular complexity index is 221. The predicted octanol–water partition coefficient (Wildman–Crippen LogP) is 2.22. The number of halogens is 3. The summed E-state index contributed by atoms with van der Waals surface area (Å²) in [5.74, 6) is 0. The third kappa shape index (κ3) is 7.57. The molecule has 0 rings (SSSR count). The summed E-state index contributed by atoms with van der Waals surface area (Å²) in [5.41, 5.74) is 4.70. The van der Waals surface area contributed by atoms with Gasteiger partial charge in [-0.1, -0.05) is 0 Å². The predicted molar refractivity (Wildman–Crippen MR) is 59.6 cm³/mol. The minimum absolute atomic E-state index is 0.0241. The Morgan fingerprint density at radius 3 is 2.12 bits per heavy atom. The molecule has 0 amide bonds. The molecule has 0 spiro atoms. The molecule has 17 heavy (non-hydrogen) atoms. The van der Waals surface area contributed by atoms with E-state index < -0.39 is 30.4 Å². The topological polar surface area (TPSA) is 55.5 Å². The first-order chi connectivity index (χ1) is 7.59. The van der Waals surface area contributed by atoms with Crippen molar-refractivity contribution in [3.63, 3.8) is 0 Å². The molecular weight excluding hydrogens is 235 g/mol. The van der Waals surface area contributed by atoms with Gasteiger partial charge in [-0.25, -0.2) is 0 Å². The van der Waals surface area contributed by atoms with E-state index in [4.69, 9.17) is 10.5 Å². The molecule has 0 fully saturated rings. The van der Waals surface area contributed by atoms with E-state index >= 15 is 0 Å². The van der Waals surface area contributed by atoms with Crippen molar-refractivity contribution in [1.29, 1.82) is 0 Å². The van der Waals surface area contributed by atoms with Gasteiger partial charge in [0.05, 0.1) is 17.8 Å². The molecule has 104 valence electrons. The van der Waals surface area contributed by atoms with Crippen molar-refractivity contribution >= 4 is 0 Å². The number of hydrogen-bond donors (Lipinski definition) is 2. The fourth-order valence-electron chi connectivity index (χ4n) is 1.42. The second-order valence-electron chi connectivity index (χ2n) is 4.69. The maximum atomic E-state index is 12.0. The van der Waals surface area contributed by atoms with Crippen LogP contribution in [-0.2, 0) is 4.74 Å². The molecule has 0 saturated carbocycles. The van der Waals surface area contributed by atoms with Crippen LogP contribution >= 0.6 is 0 Å². The first-order valence-corrected chi connectivity index (χ1v) is 5.72. The molecule has 0 bridgehead atoms. The zero-order valence-corrected chi connectivity index (χ0v) is 10.5. The highest BCUT2D eigenvalue weighted by atomic mass is 19.4. The molecule has 3 N–H and O–H groups in total. The van der Waals surface area contributed by atoms with Gasteiger partial charge in [0.2, 0.25) is 0 Å². The number of nitrogens with two attached hydrogens (primary N) is 1. The quantitative estimate of drug-likeness (QED) is 0.735. The van der Waals surface area contributed by atoms with E-state index in [-0.39, 0.29) is 19.4 Å². The first kappa shape index (κ1) is 16.7. The maximum absolute atomic E-state index is 12.0. The molecule has 0 heterocycles. The van der Waals surface area contributed by atoms with Gasteiger partial charge in [0.1, 0.15) is 0 Å². The van der Waals surface area contributed by atoms with Crippen LogP contribution < -0.4 is 5.73 Å². The standard InChI is InChI=1S/C11H22F3NO2/c1-8(16)9(2)17-10(3,7-15)5-4-6-11(12,13)14/h8-9,16H,4-7,15H2,1-3H3. The molecule has 0 aromatic carbocycles. The lowest BCUT2D eigenvalue weighted by Gasteiger charge is -2.33. The molecular formula is C11H22F3NO2. The van der Waals surface area contributed by atoms with E-state index in [1.54, 1.807) is 20.8 Å². The van der Waals surface area contributed by atoms with E-state index in [2.05, 4.69) is 0 Å². The van der Waals surface area contributed by atoms with Gasteiger partial charge in [0, 0.05) is 13.0 Å². The molecule has 3 unspecified atom stereocenters. The average Bonchev–Trinajstić information content (AvgIpc) is 2.15. The normalized spacial score (nSPS) is 19.8. The number of ether oxygens (including phenoxy) is 1. The van der Waals surface area contributed by atoms with E-state index in [0.29, 0.717) is 0 Å². The molecule has 0 aliphatic heterocycles. The summed E-state index contributed by atoms with van der Waals surface area (Å²) in [6.07, 6.45) is -5.91. The second kappa shape index (κ2) is 6.56. The van der Waals surface area contributed by atoms with Crippen molar-refractivity contribution in [3.8, 4) is 0 Å². The lowest BCUT2D eigenvalue weighted by Crippen LogP contribution is -2.43. The van der Waals surface area contributed by atoms with Crippen LogP contribution in [0.15, 0.2) is 0 Å². The maximum Gasteiger partial charge on any atom is 0.389 e. The van der Waals surface area contributed by atoms with Gasteiger partial charge in [-0.2, -0.15) is 13.2 Å². The van der Waals surface area contributed by atoms with Crippen molar-refractivity contribution in [2.24, 2.45) is 5.73 Å². The van der Waals surface area contributed by atoms with E-state index in [9.17, 15) is 18.3 Å². The van der Waals surface area contributed by atoms with Crippen LogP contribution in [0.3, 0.4) is 0 Å². The third-order valence-corrected chi connectivity index (χ3v) is 2.75. The van der Waals surface area contributed by atoms with E-state index in [0.717, 1.165) is 0 Å². The molecule has 0 aromatic heterocycles. The summed E-state index contributed by atoms with van der Waals surface area (Å²) in [6.45, 7) is 5.03. The Hall–Kier alpha value is -0.330. The molecule has 0 aliphatic carbocycles. The fourth-order valence-corrected chi connectivity index (χ4v) is 1.42. The van der Waals surface area contributed by atoms with Gasteiger partial charge in [-0.15, -0.1) is 0 Å². The number of hydrogen-bond acceptors (Lipinski definition) is 3. The summed E-state index contributed by atoms with van der Waals surface area (Å²) in [4.78, 5) is 0. The van der Waals surface area contributed by atoms with Crippen molar-refractivity contribution in [2.45, 2.75) is 64.0 Å². The monoisotopic (exact) mass is 257 g/mol. The number of alkyl halides is 3. The summed E-state index contributed by atoms with van der Waals surface area (Å²) in [7, 11) is 0. The zero-order chi connectivity index (χ0) is 13.7. The minimum atomic E-state index is -4.15. The molecule has 0 radical (unpaired) electrons. The molecule has 3 atom stereocenters. The minimum Gasteiger partial charge on any atom is -0.391 e. The summed E-state index contributed by atoms with van der Waals surface area (Å²) >= 11 is 0. The van der Waals surface area contributed by atoms with E-state index in [1.165, 1.54) is 0 Å². The van der Waals surface area contributed by atoms with Crippen LogP contribution in [0.1, 0.15) is 40.0 Å². The highest BCUT2D eigenvalue weighted by Crippen LogP contribution is 2.27. The number of aliphatic hydroxyl groups is 1. The molecule has 3 nitrogen and oxygen atoms in total. The molecule has 0 aromatic rings. The van der Waals surface area contributed by atoms with Crippen LogP contribution in [0.25, 0.3) is 0 Å². The Balaban J connectivity index is 4.19. The average molecular weight is 257 g/mol. The SMILES string of the molecule is CC(O)C(C)OC(C)(CN)CCCC(F)(F)F. The largest absolute Gasteiger partial charge is 0.391 e. The fraction of sp³-hybridized carbons (Fsp3) is 1.00. The van der Waals surface area contributed by atoms with Crippen molar-refractivity contribution in [1.82, 2.24) is 0 Å². The smallest absolute Gasteiger partial charge is 0.389 e. The lowest BCUT2D eigenvalue weighted by molar-refractivity contribution is -0.144. The Kier molecular flexibility index (Phi) is 6.43. The van der Waals surface area contributed by atoms with Crippen LogP contribution in [-0.4, -0.2) is 35.6 Å². The Morgan fingerprint density at radius 1 is 1.24 bits per heavy atom. The second-order valence-corrected chi connectivity index (χ2v) is 4.69. The summed E-state index contributed by atoms with van der Waals surface area (Å²) in [5, 5.41) is 9.29. The van der Waals surface area contributed by atoms with Gasteiger partial charge in [0.15, 0.2) is 0 Å². The third-order valence-electron chi connectivity index (χ3n) is 2.75. The first-order valence-electron chi connectivity index (χ1n) is 5.72. The van der Waals surface area contributed by atoms with E-state index in [1.807, 2.05) is 0 Å². The Morgan fingerprint density at radius 2 is 1.76 bits per heavy atom. The molecule has 0 saturated heterocycles. The number of aliphatic hydroxyl groups excluding tert-OH is 1. The Labute approximate surface area is 100 Å². The summed E-state index contributed by atoms with van der Waals surface area (Å²) in [6, 6.07) is 0. The van der Waals surface area contributed by atoms with Crippen LogP contribution in [0.2, 0.25) is 0 Å². The molecule has 0 aliphatic rings. The van der Waals surface area contributed by atoms with Crippen LogP contribution in [0, 0.1) is 0 Å². The van der Waals surface area contributed by atoms with Crippen LogP contribution in [0.5, 0.6) is 0 Å². The van der Waals surface area contributed by atoms with Gasteiger partial charge >= 0.3 is 6.18 Å². The van der Waals surface area contributed by atoms with Gasteiger partial charge in [0.25, 0.3) is 0 Å². The lowest BCUT2D eigenvalue weighted by atomic mass is 9.98. The van der Waals surface area contributed by atoms with Crippen LogP contribution in [0.4, 0.5) is 13.2 Å². The van der Waals surface area contributed by atoms with Crippen molar-refractivity contribution in [2.75, 3.05) is 6.54 Å². The highest BCUT2D eigenvalue weighted by Gasteiger charge is 2.31. The highest BCUT2D eigenvalue weighted by molar-refractivity contribution is 4.79. The summed E-state index contributed by atoms with van der Waals surface area (Å²) < 4.78 is 41.6. The van der Waals surface area contributed by atoms with Gasteiger partial charge < -0.3 is 15.6 Å². The van der Waals surface area contributed by atoms with Crippen molar-refractivity contribution in [3.05, 3.63) is 0 Å². The van der Waals surface area contributed by atoms with Gasteiger partial charge in [-0.3, -0.25) is 0 Å². The molecule has 6 heteroatoms. The zero-order valence-electron chi connectivity index (χ0n) is 10.5. The van der Waals surface area contributed by atoms with Crippen molar-refractivity contribution < 1.29 is 23.0 Å². The van der Waals surface area contributed by atoms with Gasteiger partial charge in [-0.05, 0) is 33.6 Å².